The van der Waals surface area contributed by atoms with Crippen molar-refractivity contribution < 1.29 is 0 Å². The number of benzene rings is 1. The Hall–Kier alpha value is -2.20. The van der Waals surface area contributed by atoms with Gasteiger partial charge in [-0.05, 0) is 17.0 Å². The summed E-state index contributed by atoms with van der Waals surface area (Å²) in [7, 11) is 1.95. The molecule has 0 aliphatic rings. The highest BCUT2D eigenvalue weighted by atomic mass is 15.1. The Morgan fingerprint density at radius 3 is 2.89 bits per heavy atom. The lowest BCUT2D eigenvalue weighted by molar-refractivity contribution is 0.720. The van der Waals surface area contributed by atoms with Crippen molar-refractivity contribution in [2.45, 2.75) is 6.04 Å². The van der Waals surface area contributed by atoms with Gasteiger partial charge in [-0.25, -0.2) is 4.98 Å². The van der Waals surface area contributed by atoms with E-state index in [2.05, 4.69) is 9.97 Å². The Labute approximate surface area is 105 Å². The molecule has 1 unspecified atom stereocenters. The van der Waals surface area contributed by atoms with Crippen LogP contribution in [0.4, 0.5) is 0 Å². The van der Waals surface area contributed by atoms with E-state index in [-0.39, 0.29) is 6.04 Å². The van der Waals surface area contributed by atoms with Crippen molar-refractivity contribution in [1.29, 1.82) is 0 Å². The summed E-state index contributed by atoms with van der Waals surface area (Å²) in [6.07, 6.45) is 7.31. The van der Waals surface area contributed by atoms with Gasteiger partial charge in [-0.15, -0.1) is 0 Å². The predicted octanol–water partition coefficient (Wildman–Crippen LogP) is 2.02. The molecule has 1 aromatic carbocycles. The number of rotatable bonds is 2. The minimum Gasteiger partial charge on any atom is -0.336 e. The second-order valence-corrected chi connectivity index (χ2v) is 4.32. The molecule has 4 nitrogen and oxygen atoms in total. The van der Waals surface area contributed by atoms with Crippen molar-refractivity contribution in [3.05, 3.63) is 60.4 Å². The van der Waals surface area contributed by atoms with E-state index in [1.807, 2.05) is 48.3 Å². The molecule has 3 aromatic rings. The SMILES string of the molecule is Cn1ccnc1C(N)c1cccc2cnccc12. The molecule has 0 bridgehead atoms. The molecule has 0 saturated heterocycles. The van der Waals surface area contributed by atoms with Crippen LogP contribution in [0.25, 0.3) is 10.8 Å². The summed E-state index contributed by atoms with van der Waals surface area (Å²) in [5.74, 6) is 0.860. The van der Waals surface area contributed by atoms with Crippen LogP contribution in [0, 0.1) is 0 Å². The maximum atomic E-state index is 6.32. The quantitative estimate of drug-likeness (QED) is 0.743. The molecule has 18 heavy (non-hydrogen) atoms. The molecule has 4 heteroatoms. The Kier molecular flexibility index (Phi) is 2.57. The van der Waals surface area contributed by atoms with Crippen LogP contribution in [0.3, 0.4) is 0 Å². The Balaban J connectivity index is 2.18. The maximum absolute atomic E-state index is 6.32. The van der Waals surface area contributed by atoms with E-state index in [1.54, 1.807) is 12.4 Å². The summed E-state index contributed by atoms with van der Waals surface area (Å²) in [6.45, 7) is 0. The molecule has 3 rings (SSSR count). The average Bonchev–Trinajstić information content (AvgIpc) is 2.83. The number of imidazole rings is 1. The third-order valence-electron chi connectivity index (χ3n) is 3.19. The number of nitrogens with zero attached hydrogens (tertiary/aromatic N) is 3. The van der Waals surface area contributed by atoms with Crippen molar-refractivity contribution in [3.63, 3.8) is 0 Å². The second-order valence-electron chi connectivity index (χ2n) is 4.32. The number of hydrogen-bond donors (Lipinski definition) is 1. The van der Waals surface area contributed by atoms with Crippen LogP contribution in [-0.4, -0.2) is 14.5 Å². The number of fused-ring (bicyclic) bond motifs is 1. The minimum absolute atomic E-state index is 0.226. The lowest BCUT2D eigenvalue weighted by atomic mass is 10.00. The van der Waals surface area contributed by atoms with E-state index < -0.39 is 0 Å². The third-order valence-corrected chi connectivity index (χ3v) is 3.19. The molecule has 2 aromatic heterocycles. The number of pyridine rings is 1. The number of hydrogen-bond acceptors (Lipinski definition) is 3. The molecule has 0 amide bonds. The highest BCUT2D eigenvalue weighted by Crippen LogP contribution is 2.25. The Morgan fingerprint density at radius 1 is 1.22 bits per heavy atom. The summed E-state index contributed by atoms with van der Waals surface area (Å²) in [4.78, 5) is 8.45. The molecule has 0 fully saturated rings. The van der Waals surface area contributed by atoms with E-state index in [0.29, 0.717) is 0 Å². The van der Waals surface area contributed by atoms with Gasteiger partial charge in [0, 0.05) is 37.2 Å². The number of nitrogens with two attached hydrogens (primary N) is 1. The lowest BCUT2D eigenvalue weighted by Crippen LogP contribution is -2.16. The van der Waals surface area contributed by atoms with Gasteiger partial charge >= 0.3 is 0 Å². The summed E-state index contributed by atoms with van der Waals surface area (Å²) in [5.41, 5.74) is 7.40. The largest absolute Gasteiger partial charge is 0.336 e. The van der Waals surface area contributed by atoms with Gasteiger partial charge in [0.15, 0.2) is 0 Å². The fraction of sp³-hybridized carbons (Fsp3) is 0.143. The first-order chi connectivity index (χ1) is 8.77. The van der Waals surface area contributed by atoms with E-state index in [4.69, 9.17) is 5.73 Å². The van der Waals surface area contributed by atoms with Crippen molar-refractivity contribution in [2.24, 2.45) is 12.8 Å². The summed E-state index contributed by atoms with van der Waals surface area (Å²) < 4.78 is 1.95. The van der Waals surface area contributed by atoms with E-state index in [9.17, 15) is 0 Å². The molecule has 0 radical (unpaired) electrons. The normalized spacial score (nSPS) is 12.8. The second kappa shape index (κ2) is 4.23. The van der Waals surface area contributed by atoms with Gasteiger partial charge in [0.1, 0.15) is 5.82 Å². The van der Waals surface area contributed by atoms with Crippen molar-refractivity contribution >= 4 is 10.8 Å². The van der Waals surface area contributed by atoms with Crippen LogP contribution in [0.5, 0.6) is 0 Å². The molecule has 90 valence electrons. The highest BCUT2D eigenvalue weighted by molar-refractivity contribution is 5.85. The van der Waals surface area contributed by atoms with Crippen molar-refractivity contribution in [2.75, 3.05) is 0 Å². The van der Waals surface area contributed by atoms with Gasteiger partial charge in [-0.3, -0.25) is 4.98 Å². The fourth-order valence-electron chi connectivity index (χ4n) is 2.23. The van der Waals surface area contributed by atoms with Crippen molar-refractivity contribution in [3.8, 4) is 0 Å². The monoisotopic (exact) mass is 238 g/mol. The fourth-order valence-corrected chi connectivity index (χ4v) is 2.23. The molecular formula is C14H14N4. The summed E-state index contributed by atoms with van der Waals surface area (Å²) >= 11 is 0. The van der Waals surface area contributed by atoms with Gasteiger partial charge < -0.3 is 10.3 Å². The maximum Gasteiger partial charge on any atom is 0.129 e. The predicted molar refractivity (Wildman–Crippen MR) is 71.0 cm³/mol. The first-order valence-electron chi connectivity index (χ1n) is 5.83. The lowest BCUT2D eigenvalue weighted by Gasteiger charge is -2.14. The standard InChI is InChI=1S/C14H14N4/c1-18-8-7-17-14(18)13(15)12-4-2-3-10-9-16-6-5-11(10)12/h2-9,13H,15H2,1H3. The molecule has 1 atom stereocenters. The summed E-state index contributed by atoms with van der Waals surface area (Å²) in [6, 6.07) is 7.85. The number of aromatic nitrogens is 3. The molecular weight excluding hydrogens is 224 g/mol. The number of aryl methyl sites for hydroxylation is 1. The van der Waals surface area contributed by atoms with Crippen LogP contribution >= 0.6 is 0 Å². The van der Waals surface area contributed by atoms with E-state index in [0.717, 1.165) is 22.2 Å². The van der Waals surface area contributed by atoms with Gasteiger partial charge in [0.05, 0.1) is 6.04 Å². The first kappa shape index (κ1) is 10.9. The highest BCUT2D eigenvalue weighted by Gasteiger charge is 2.15. The van der Waals surface area contributed by atoms with Gasteiger partial charge in [0.2, 0.25) is 0 Å². The van der Waals surface area contributed by atoms with Gasteiger partial charge in [0.25, 0.3) is 0 Å². The van der Waals surface area contributed by atoms with Crippen LogP contribution in [0.15, 0.2) is 49.1 Å². The molecule has 2 heterocycles. The smallest absolute Gasteiger partial charge is 0.129 e. The van der Waals surface area contributed by atoms with Crippen LogP contribution in [0.2, 0.25) is 0 Å². The first-order valence-corrected chi connectivity index (χ1v) is 5.83. The van der Waals surface area contributed by atoms with E-state index >= 15 is 0 Å². The average molecular weight is 238 g/mol. The third kappa shape index (κ3) is 1.67. The van der Waals surface area contributed by atoms with Crippen molar-refractivity contribution in [1.82, 2.24) is 14.5 Å². The Bertz CT molecular complexity index is 682. The van der Waals surface area contributed by atoms with E-state index in [1.165, 1.54) is 0 Å². The van der Waals surface area contributed by atoms with Crippen LogP contribution in [0.1, 0.15) is 17.4 Å². The zero-order valence-electron chi connectivity index (χ0n) is 10.1. The van der Waals surface area contributed by atoms with Crippen LogP contribution < -0.4 is 5.73 Å². The molecule has 0 aliphatic carbocycles. The van der Waals surface area contributed by atoms with Gasteiger partial charge in [-0.1, -0.05) is 18.2 Å². The molecule has 0 aliphatic heterocycles. The zero-order chi connectivity index (χ0) is 12.5. The zero-order valence-corrected chi connectivity index (χ0v) is 10.1. The Morgan fingerprint density at radius 2 is 2.11 bits per heavy atom. The molecule has 0 saturated carbocycles. The topological polar surface area (TPSA) is 56.7 Å². The van der Waals surface area contributed by atoms with Gasteiger partial charge in [-0.2, -0.15) is 0 Å². The minimum atomic E-state index is -0.226. The molecule has 0 spiro atoms. The molecule has 2 N–H and O–H groups in total. The summed E-state index contributed by atoms with van der Waals surface area (Å²) in [5, 5.41) is 2.22. The van der Waals surface area contributed by atoms with Crippen LogP contribution in [-0.2, 0) is 7.05 Å².